The maximum absolute atomic E-state index is 12.9. The van der Waals surface area contributed by atoms with Gasteiger partial charge in [0.2, 0.25) is 0 Å². The number of phenolic OH excluding ortho intramolecular Hbond substituents is 1. The summed E-state index contributed by atoms with van der Waals surface area (Å²) in [5.74, 6) is -0.444. The van der Waals surface area contributed by atoms with E-state index in [1.165, 1.54) is 0 Å². The normalized spacial score (nSPS) is 13.5. The molecule has 134 valence electrons. The zero-order valence-corrected chi connectivity index (χ0v) is 16.0. The molecule has 1 aromatic carbocycles. The van der Waals surface area contributed by atoms with Crippen LogP contribution in [-0.2, 0) is 10.2 Å². The van der Waals surface area contributed by atoms with Crippen LogP contribution in [0.25, 0.3) is 0 Å². The van der Waals surface area contributed by atoms with Crippen molar-refractivity contribution in [3.63, 3.8) is 0 Å². The van der Waals surface area contributed by atoms with Crippen molar-refractivity contribution >= 4 is 5.78 Å². The van der Waals surface area contributed by atoms with Gasteiger partial charge in [0.15, 0.2) is 5.78 Å². The SMILES string of the molecule is CC(C(=O)C(CC(C)(C)C)c1cc(C(C)(C)C)ccc1O)=C(N)N. The highest BCUT2D eigenvalue weighted by molar-refractivity contribution is 6.00. The standard InChI is InChI=1S/C20H32N2O2/c1-12(18(21)22)17(24)15(11-19(2,3)4)14-10-13(20(5,6)7)8-9-16(14)23/h8-10,15,23H,11,21-22H2,1-7H3. The molecule has 0 saturated carbocycles. The molecular weight excluding hydrogens is 300 g/mol. The molecule has 4 heteroatoms. The highest BCUT2D eigenvalue weighted by Gasteiger charge is 2.31. The van der Waals surface area contributed by atoms with Gasteiger partial charge in [0.25, 0.3) is 0 Å². The van der Waals surface area contributed by atoms with E-state index in [-0.39, 0.29) is 28.2 Å². The molecule has 0 aromatic heterocycles. The van der Waals surface area contributed by atoms with E-state index in [1.807, 2.05) is 12.1 Å². The minimum absolute atomic E-state index is 0.0328. The number of aromatic hydroxyl groups is 1. The Morgan fingerprint density at radius 1 is 1.12 bits per heavy atom. The number of Topliss-reactive ketones (excluding diaryl/α,β-unsaturated/α-hetero) is 1. The molecule has 0 heterocycles. The lowest BCUT2D eigenvalue weighted by Crippen LogP contribution is -2.24. The van der Waals surface area contributed by atoms with Crippen molar-refractivity contribution in [2.24, 2.45) is 16.9 Å². The maximum atomic E-state index is 12.9. The van der Waals surface area contributed by atoms with E-state index >= 15 is 0 Å². The second-order valence-electron chi connectivity index (χ2n) is 8.79. The largest absolute Gasteiger partial charge is 0.508 e. The van der Waals surface area contributed by atoms with Gasteiger partial charge < -0.3 is 16.6 Å². The molecule has 4 nitrogen and oxygen atoms in total. The summed E-state index contributed by atoms with van der Waals surface area (Å²) in [7, 11) is 0. The molecule has 24 heavy (non-hydrogen) atoms. The summed E-state index contributed by atoms with van der Waals surface area (Å²) in [6.45, 7) is 14.2. The Balaban J connectivity index is 3.50. The summed E-state index contributed by atoms with van der Waals surface area (Å²) in [4.78, 5) is 12.9. The van der Waals surface area contributed by atoms with E-state index < -0.39 is 5.92 Å². The first-order chi connectivity index (χ1) is 10.7. The van der Waals surface area contributed by atoms with Crippen LogP contribution in [0.15, 0.2) is 29.6 Å². The number of ketones is 1. The minimum atomic E-state index is -0.477. The summed E-state index contributed by atoms with van der Waals surface area (Å²) >= 11 is 0. The number of hydrogen-bond donors (Lipinski definition) is 3. The predicted molar refractivity (Wildman–Crippen MR) is 99.7 cm³/mol. The number of phenols is 1. The summed E-state index contributed by atoms with van der Waals surface area (Å²) < 4.78 is 0. The molecule has 5 N–H and O–H groups in total. The summed E-state index contributed by atoms with van der Waals surface area (Å²) in [6, 6.07) is 5.50. The monoisotopic (exact) mass is 332 g/mol. The van der Waals surface area contributed by atoms with Crippen LogP contribution in [0.5, 0.6) is 5.75 Å². The first-order valence-electron chi connectivity index (χ1n) is 8.33. The number of carbonyl (C=O) groups excluding carboxylic acids is 1. The van der Waals surface area contributed by atoms with Crippen LogP contribution in [0.4, 0.5) is 0 Å². The van der Waals surface area contributed by atoms with Crippen LogP contribution >= 0.6 is 0 Å². The maximum Gasteiger partial charge on any atom is 0.169 e. The molecule has 1 atom stereocenters. The average Bonchev–Trinajstić information content (AvgIpc) is 2.41. The Morgan fingerprint density at radius 3 is 2.08 bits per heavy atom. The zero-order valence-electron chi connectivity index (χ0n) is 16.0. The fraction of sp³-hybridized carbons (Fsp3) is 0.550. The first-order valence-corrected chi connectivity index (χ1v) is 8.33. The lowest BCUT2D eigenvalue weighted by atomic mass is 9.76. The van der Waals surface area contributed by atoms with Crippen LogP contribution < -0.4 is 11.5 Å². The molecule has 0 bridgehead atoms. The number of carbonyl (C=O) groups is 1. The quantitative estimate of drug-likeness (QED) is 0.729. The van der Waals surface area contributed by atoms with Gasteiger partial charge in [-0.05, 0) is 35.8 Å². The van der Waals surface area contributed by atoms with Crippen molar-refractivity contribution in [3.8, 4) is 5.75 Å². The van der Waals surface area contributed by atoms with E-state index in [2.05, 4.69) is 41.5 Å². The number of rotatable bonds is 4. The number of benzene rings is 1. The topological polar surface area (TPSA) is 89.3 Å². The van der Waals surface area contributed by atoms with Crippen molar-refractivity contribution in [2.75, 3.05) is 0 Å². The lowest BCUT2D eigenvalue weighted by molar-refractivity contribution is -0.117. The third kappa shape index (κ3) is 5.02. The van der Waals surface area contributed by atoms with Gasteiger partial charge in [-0.1, -0.05) is 53.7 Å². The van der Waals surface area contributed by atoms with Crippen LogP contribution in [0.1, 0.15) is 71.9 Å². The van der Waals surface area contributed by atoms with Crippen molar-refractivity contribution < 1.29 is 9.90 Å². The molecule has 0 aliphatic rings. The van der Waals surface area contributed by atoms with Gasteiger partial charge in [-0.2, -0.15) is 0 Å². The van der Waals surface area contributed by atoms with E-state index in [0.29, 0.717) is 17.6 Å². The van der Waals surface area contributed by atoms with Crippen molar-refractivity contribution in [2.45, 2.75) is 66.2 Å². The van der Waals surface area contributed by atoms with Crippen molar-refractivity contribution in [1.82, 2.24) is 0 Å². The molecule has 0 amide bonds. The Hall–Kier alpha value is -1.97. The van der Waals surface area contributed by atoms with Gasteiger partial charge >= 0.3 is 0 Å². The number of hydrogen-bond acceptors (Lipinski definition) is 4. The summed E-state index contributed by atoms with van der Waals surface area (Å²) in [6.07, 6.45) is 0.595. The molecule has 0 saturated heterocycles. The van der Waals surface area contributed by atoms with Crippen LogP contribution in [0, 0.1) is 5.41 Å². The second kappa shape index (κ2) is 6.88. The van der Waals surface area contributed by atoms with Gasteiger partial charge in [0.1, 0.15) is 5.75 Å². The van der Waals surface area contributed by atoms with Crippen LogP contribution in [-0.4, -0.2) is 10.9 Å². The highest BCUT2D eigenvalue weighted by atomic mass is 16.3. The fourth-order valence-electron chi connectivity index (χ4n) is 2.66. The molecule has 0 radical (unpaired) electrons. The number of nitrogens with two attached hydrogens (primary N) is 2. The van der Waals surface area contributed by atoms with Crippen LogP contribution in [0.2, 0.25) is 0 Å². The predicted octanol–water partition coefficient (Wildman–Crippen LogP) is 3.93. The van der Waals surface area contributed by atoms with Crippen LogP contribution in [0.3, 0.4) is 0 Å². The third-order valence-electron chi connectivity index (χ3n) is 4.20. The summed E-state index contributed by atoms with van der Waals surface area (Å²) in [5, 5.41) is 10.4. The average molecular weight is 332 g/mol. The van der Waals surface area contributed by atoms with Gasteiger partial charge in [-0.3, -0.25) is 4.79 Å². The third-order valence-corrected chi connectivity index (χ3v) is 4.20. The number of allylic oxidation sites excluding steroid dienone is 1. The molecule has 0 fully saturated rings. The smallest absolute Gasteiger partial charge is 0.169 e. The summed E-state index contributed by atoms with van der Waals surface area (Å²) in [5.41, 5.74) is 13.2. The van der Waals surface area contributed by atoms with Gasteiger partial charge in [-0.15, -0.1) is 0 Å². The highest BCUT2D eigenvalue weighted by Crippen LogP contribution is 2.39. The van der Waals surface area contributed by atoms with Gasteiger partial charge in [0, 0.05) is 11.1 Å². The van der Waals surface area contributed by atoms with E-state index in [9.17, 15) is 9.90 Å². The Kier molecular flexibility index (Phi) is 5.75. The molecular formula is C20H32N2O2. The van der Waals surface area contributed by atoms with Gasteiger partial charge in [-0.25, -0.2) is 0 Å². The molecule has 0 spiro atoms. The minimum Gasteiger partial charge on any atom is -0.508 e. The molecule has 0 aliphatic carbocycles. The molecule has 1 aromatic rings. The Labute approximate surface area is 145 Å². The molecule has 0 aliphatic heterocycles. The first kappa shape index (κ1) is 20.1. The zero-order chi connectivity index (χ0) is 18.9. The van der Waals surface area contributed by atoms with Crippen molar-refractivity contribution in [3.05, 3.63) is 40.7 Å². The molecule has 1 rings (SSSR count). The Morgan fingerprint density at radius 2 is 1.67 bits per heavy atom. The second-order valence-corrected chi connectivity index (χ2v) is 8.79. The fourth-order valence-corrected chi connectivity index (χ4v) is 2.66. The lowest BCUT2D eigenvalue weighted by Gasteiger charge is -2.28. The van der Waals surface area contributed by atoms with E-state index in [0.717, 1.165) is 5.56 Å². The van der Waals surface area contributed by atoms with Crippen molar-refractivity contribution in [1.29, 1.82) is 0 Å². The van der Waals surface area contributed by atoms with E-state index in [1.54, 1.807) is 13.0 Å². The van der Waals surface area contributed by atoms with Gasteiger partial charge in [0.05, 0.1) is 11.7 Å². The van der Waals surface area contributed by atoms with E-state index in [4.69, 9.17) is 11.5 Å². The Bertz CT molecular complexity index is 643. The molecule has 1 unspecified atom stereocenters.